The van der Waals surface area contributed by atoms with Crippen molar-refractivity contribution in [3.05, 3.63) is 47.2 Å². The molecule has 27 heavy (non-hydrogen) atoms. The Hall–Kier alpha value is -1.47. The smallest absolute Gasteiger partial charge is 0.129 e. The van der Waals surface area contributed by atoms with Gasteiger partial charge in [-0.1, -0.05) is 0 Å². The number of hydrogen-bond acceptors (Lipinski definition) is 6. The molecule has 8 heteroatoms. The van der Waals surface area contributed by atoms with Gasteiger partial charge in [-0.15, -0.1) is 24.8 Å². The number of hydrogen-bond donors (Lipinski definition) is 1. The average molecular weight is 412 g/mol. The van der Waals surface area contributed by atoms with E-state index in [0.29, 0.717) is 5.92 Å². The van der Waals surface area contributed by atoms with Crippen LogP contribution in [0.5, 0.6) is 0 Å². The summed E-state index contributed by atoms with van der Waals surface area (Å²) >= 11 is 0. The molecule has 0 spiro atoms. The molecule has 0 aromatic carbocycles. The predicted octanol–water partition coefficient (Wildman–Crippen LogP) is 3.03. The Kier molecular flexibility index (Phi) is 8.23. The zero-order valence-electron chi connectivity index (χ0n) is 15.6. The van der Waals surface area contributed by atoms with Crippen molar-refractivity contribution < 1.29 is 4.74 Å². The fourth-order valence-electron chi connectivity index (χ4n) is 3.77. The fourth-order valence-corrected chi connectivity index (χ4v) is 3.77. The third kappa shape index (κ3) is 5.51. The third-order valence-corrected chi connectivity index (χ3v) is 5.08. The summed E-state index contributed by atoms with van der Waals surface area (Å²) in [4.78, 5) is 15.6. The predicted molar refractivity (Wildman–Crippen MR) is 111 cm³/mol. The monoisotopic (exact) mass is 411 g/mol. The summed E-state index contributed by atoms with van der Waals surface area (Å²) in [7, 11) is 0. The average Bonchev–Trinajstić information content (AvgIpc) is 3.13. The minimum Gasteiger partial charge on any atom is -0.381 e. The van der Waals surface area contributed by atoms with Crippen molar-refractivity contribution >= 4 is 30.6 Å². The largest absolute Gasteiger partial charge is 0.381 e. The number of ether oxygens (including phenoxy) is 1. The van der Waals surface area contributed by atoms with Gasteiger partial charge in [-0.2, -0.15) is 0 Å². The number of rotatable bonds is 5. The summed E-state index contributed by atoms with van der Waals surface area (Å²) in [6.07, 6.45) is 8.09. The molecule has 2 aliphatic rings. The maximum atomic E-state index is 5.51. The SMILES string of the molecule is Cc1nccc(NCc2cncc3c2CCN(CC2CCOC2)C3)n1.Cl.Cl. The van der Waals surface area contributed by atoms with Gasteiger partial charge in [0.1, 0.15) is 11.6 Å². The van der Waals surface area contributed by atoms with Gasteiger partial charge in [0, 0.05) is 51.4 Å². The van der Waals surface area contributed by atoms with E-state index in [1.54, 1.807) is 6.20 Å². The zero-order valence-corrected chi connectivity index (χ0v) is 17.2. The van der Waals surface area contributed by atoms with Crippen LogP contribution in [-0.2, 0) is 24.2 Å². The third-order valence-electron chi connectivity index (χ3n) is 5.08. The highest BCUT2D eigenvalue weighted by atomic mass is 35.5. The Morgan fingerprint density at radius 1 is 1.30 bits per heavy atom. The fraction of sp³-hybridized carbons (Fsp3) is 0.526. The van der Waals surface area contributed by atoms with Gasteiger partial charge in [-0.3, -0.25) is 9.88 Å². The first-order valence-corrected chi connectivity index (χ1v) is 9.06. The van der Waals surface area contributed by atoms with Crippen LogP contribution < -0.4 is 5.32 Å². The molecule has 148 valence electrons. The Labute approximate surface area is 173 Å². The van der Waals surface area contributed by atoms with Crippen molar-refractivity contribution in [1.29, 1.82) is 0 Å². The molecule has 0 aliphatic carbocycles. The van der Waals surface area contributed by atoms with Crippen molar-refractivity contribution in [2.24, 2.45) is 5.92 Å². The van der Waals surface area contributed by atoms with E-state index in [2.05, 4.69) is 25.2 Å². The number of halogens is 2. The van der Waals surface area contributed by atoms with Crippen molar-refractivity contribution in [3.63, 3.8) is 0 Å². The molecule has 0 radical (unpaired) electrons. The van der Waals surface area contributed by atoms with Gasteiger partial charge < -0.3 is 10.1 Å². The molecule has 2 aromatic rings. The van der Waals surface area contributed by atoms with Gasteiger partial charge >= 0.3 is 0 Å². The van der Waals surface area contributed by atoms with E-state index in [-0.39, 0.29) is 24.8 Å². The number of anilines is 1. The quantitative estimate of drug-likeness (QED) is 0.815. The van der Waals surface area contributed by atoms with E-state index in [1.165, 1.54) is 23.1 Å². The van der Waals surface area contributed by atoms with Crippen LogP contribution in [0.4, 0.5) is 5.82 Å². The van der Waals surface area contributed by atoms with Gasteiger partial charge in [-0.25, -0.2) is 9.97 Å². The summed E-state index contributed by atoms with van der Waals surface area (Å²) < 4.78 is 5.51. The van der Waals surface area contributed by atoms with Crippen LogP contribution in [-0.4, -0.2) is 46.2 Å². The van der Waals surface area contributed by atoms with Crippen molar-refractivity contribution in [2.45, 2.75) is 32.9 Å². The van der Waals surface area contributed by atoms with E-state index in [0.717, 1.165) is 57.5 Å². The van der Waals surface area contributed by atoms with Crippen molar-refractivity contribution in [2.75, 3.05) is 31.6 Å². The number of nitrogens with zero attached hydrogens (tertiary/aromatic N) is 4. The normalized spacial score (nSPS) is 18.9. The molecule has 2 aliphatic heterocycles. The second kappa shape index (κ2) is 10.2. The lowest BCUT2D eigenvalue weighted by Gasteiger charge is -2.31. The van der Waals surface area contributed by atoms with Gasteiger partial charge in [-0.05, 0) is 48.4 Å². The minimum absolute atomic E-state index is 0. The summed E-state index contributed by atoms with van der Waals surface area (Å²) in [6.45, 7) is 7.76. The topological polar surface area (TPSA) is 63.2 Å². The first-order valence-electron chi connectivity index (χ1n) is 9.06. The maximum Gasteiger partial charge on any atom is 0.129 e. The Morgan fingerprint density at radius 2 is 2.19 bits per heavy atom. The molecule has 2 aromatic heterocycles. The molecule has 1 atom stereocenters. The molecule has 1 fully saturated rings. The number of fused-ring (bicyclic) bond motifs is 1. The van der Waals surface area contributed by atoms with E-state index in [1.807, 2.05) is 25.4 Å². The van der Waals surface area contributed by atoms with E-state index in [9.17, 15) is 0 Å². The highest BCUT2D eigenvalue weighted by Crippen LogP contribution is 2.24. The lowest BCUT2D eigenvalue weighted by molar-refractivity contribution is 0.162. The number of aryl methyl sites for hydroxylation is 1. The standard InChI is InChI=1S/C19H25N5O.2ClH/c1-14-21-5-2-19(23-14)22-10-16-8-20-9-17-12-24(6-3-18(16)17)11-15-4-7-25-13-15;;/h2,5,8-9,15H,3-4,6-7,10-13H2,1H3,(H,21,22,23);2*1H. The van der Waals surface area contributed by atoms with Crippen molar-refractivity contribution in [1.82, 2.24) is 19.9 Å². The molecular formula is C19H27Cl2N5O. The van der Waals surface area contributed by atoms with Crippen LogP contribution in [0, 0.1) is 12.8 Å². The Bertz CT molecular complexity index is 740. The van der Waals surface area contributed by atoms with E-state index in [4.69, 9.17) is 4.74 Å². The van der Waals surface area contributed by atoms with Crippen LogP contribution in [0.2, 0.25) is 0 Å². The summed E-state index contributed by atoms with van der Waals surface area (Å²) in [5.41, 5.74) is 4.09. The maximum absolute atomic E-state index is 5.51. The first kappa shape index (κ1) is 21.8. The molecule has 4 rings (SSSR count). The molecule has 0 bridgehead atoms. The number of aromatic nitrogens is 3. The minimum atomic E-state index is 0. The van der Waals surface area contributed by atoms with Crippen molar-refractivity contribution in [3.8, 4) is 0 Å². The van der Waals surface area contributed by atoms with Gasteiger partial charge in [0.05, 0.1) is 6.61 Å². The lowest BCUT2D eigenvalue weighted by Crippen LogP contribution is -2.35. The van der Waals surface area contributed by atoms with Gasteiger partial charge in [0.15, 0.2) is 0 Å². The highest BCUT2D eigenvalue weighted by molar-refractivity contribution is 5.85. The highest BCUT2D eigenvalue weighted by Gasteiger charge is 2.23. The molecule has 6 nitrogen and oxygen atoms in total. The van der Waals surface area contributed by atoms with Crippen LogP contribution in [0.1, 0.15) is 28.9 Å². The molecule has 1 saturated heterocycles. The molecule has 0 amide bonds. The first-order chi connectivity index (χ1) is 12.3. The Balaban J connectivity index is 0.00000131. The molecule has 1 unspecified atom stereocenters. The van der Waals surface area contributed by atoms with E-state index >= 15 is 0 Å². The second-order valence-corrected chi connectivity index (χ2v) is 6.99. The molecule has 0 saturated carbocycles. The summed E-state index contributed by atoms with van der Waals surface area (Å²) in [6, 6.07) is 1.90. The molecule has 4 heterocycles. The van der Waals surface area contributed by atoms with Gasteiger partial charge in [0.2, 0.25) is 0 Å². The zero-order chi connectivity index (χ0) is 17.1. The summed E-state index contributed by atoms with van der Waals surface area (Å²) in [5.74, 6) is 2.34. The number of pyridine rings is 1. The number of nitrogens with one attached hydrogen (secondary N) is 1. The van der Waals surface area contributed by atoms with Gasteiger partial charge in [0.25, 0.3) is 0 Å². The van der Waals surface area contributed by atoms with Crippen LogP contribution in [0.25, 0.3) is 0 Å². The van der Waals surface area contributed by atoms with Crippen LogP contribution >= 0.6 is 24.8 Å². The second-order valence-electron chi connectivity index (χ2n) is 6.99. The van der Waals surface area contributed by atoms with Crippen LogP contribution in [0.3, 0.4) is 0 Å². The molecular weight excluding hydrogens is 385 g/mol. The van der Waals surface area contributed by atoms with Crippen LogP contribution in [0.15, 0.2) is 24.7 Å². The van der Waals surface area contributed by atoms with E-state index < -0.39 is 0 Å². The lowest BCUT2D eigenvalue weighted by atomic mass is 9.96. The summed E-state index contributed by atoms with van der Waals surface area (Å²) in [5, 5.41) is 3.40. The Morgan fingerprint density at radius 3 is 2.96 bits per heavy atom. The molecule has 1 N–H and O–H groups in total.